The Hall–Kier alpha value is -3.19. The van der Waals surface area contributed by atoms with Gasteiger partial charge in [0.1, 0.15) is 11.5 Å². The Bertz CT molecular complexity index is 1070. The zero-order valence-electron chi connectivity index (χ0n) is 21.0. The number of ketones is 1. The highest BCUT2D eigenvalue weighted by Gasteiger charge is 2.46. The van der Waals surface area contributed by atoms with Crippen molar-refractivity contribution in [1.82, 2.24) is 14.8 Å². The first-order valence-corrected chi connectivity index (χ1v) is 11.7. The van der Waals surface area contributed by atoms with Gasteiger partial charge >= 0.3 is 0 Å². The van der Waals surface area contributed by atoms with Crippen LogP contribution in [0.2, 0.25) is 0 Å². The fourth-order valence-corrected chi connectivity index (χ4v) is 4.39. The lowest BCUT2D eigenvalue weighted by Gasteiger charge is -2.28. The number of methoxy groups -OCH3 is 1. The van der Waals surface area contributed by atoms with Crippen molar-refractivity contribution in [3.05, 3.63) is 65.0 Å². The molecule has 1 N–H and O–H groups in total. The van der Waals surface area contributed by atoms with Crippen molar-refractivity contribution in [1.29, 1.82) is 0 Å². The van der Waals surface area contributed by atoms with E-state index in [1.54, 1.807) is 48.7 Å². The van der Waals surface area contributed by atoms with Gasteiger partial charge in [-0.1, -0.05) is 34.6 Å². The van der Waals surface area contributed by atoms with E-state index in [0.29, 0.717) is 24.4 Å². The molecule has 0 spiro atoms. The quantitative estimate of drug-likeness (QED) is 0.358. The summed E-state index contributed by atoms with van der Waals surface area (Å²) >= 11 is 0. The zero-order valence-corrected chi connectivity index (χ0v) is 21.0. The third-order valence-electron chi connectivity index (χ3n) is 6.39. The van der Waals surface area contributed by atoms with Gasteiger partial charge in [0.2, 0.25) is 0 Å². The third-order valence-corrected chi connectivity index (χ3v) is 6.39. The van der Waals surface area contributed by atoms with E-state index in [2.05, 4.69) is 44.5 Å². The number of aliphatic hydroxyl groups is 1. The van der Waals surface area contributed by atoms with Crippen molar-refractivity contribution in [2.24, 2.45) is 0 Å². The highest BCUT2D eigenvalue weighted by Crippen LogP contribution is 2.40. The number of rotatable bonds is 8. The van der Waals surface area contributed by atoms with E-state index in [1.165, 1.54) is 0 Å². The molecule has 1 atom stereocenters. The molecule has 2 heterocycles. The Kier molecular flexibility index (Phi) is 7.77. The second kappa shape index (κ2) is 10.4. The predicted molar refractivity (Wildman–Crippen MR) is 133 cm³/mol. The number of benzene rings is 1. The lowest BCUT2D eigenvalue weighted by atomic mass is 9.84. The van der Waals surface area contributed by atoms with Crippen LogP contribution in [0.3, 0.4) is 0 Å². The van der Waals surface area contributed by atoms with Gasteiger partial charge in [0.05, 0.1) is 18.7 Å². The molecule has 7 nitrogen and oxygen atoms in total. The van der Waals surface area contributed by atoms with Gasteiger partial charge in [-0.05, 0) is 54.4 Å². The normalized spacial score (nSPS) is 18.1. The first kappa shape index (κ1) is 25.4. The van der Waals surface area contributed by atoms with Crippen molar-refractivity contribution in [3.8, 4) is 5.75 Å². The number of carbonyl (C=O) groups excluding carboxylic acids is 2. The number of nitrogens with zero attached hydrogens (tertiary/aromatic N) is 3. The Balaban J connectivity index is 2.14. The van der Waals surface area contributed by atoms with Crippen molar-refractivity contribution in [2.75, 3.05) is 33.3 Å². The monoisotopic (exact) mass is 465 g/mol. The molecule has 1 saturated heterocycles. The van der Waals surface area contributed by atoms with Crippen LogP contribution in [0.5, 0.6) is 5.75 Å². The molecule has 1 aromatic heterocycles. The highest BCUT2D eigenvalue weighted by molar-refractivity contribution is 6.46. The number of amides is 1. The third kappa shape index (κ3) is 4.99. The van der Waals surface area contributed by atoms with E-state index in [-0.39, 0.29) is 16.7 Å². The zero-order chi connectivity index (χ0) is 25.0. The summed E-state index contributed by atoms with van der Waals surface area (Å²) in [5, 5.41) is 11.4. The van der Waals surface area contributed by atoms with Gasteiger partial charge in [0.25, 0.3) is 11.7 Å². The fourth-order valence-electron chi connectivity index (χ4n) is 4.39. The molecular formula is C27H35N3O4. The van der Waals surface area contributed by atoms with Gasteiger partial charge in [0, 0.05) is 36.6 Å². The van der Waals surface area contributed by atoms with Crippen LogP contribution in [0.15, 0.2) is 48.3 Å². The van der Waals surface area contributed by atoms with Gasteiger partial charge in [-0.2, -0.15) is 0 Å². The largest absolute Gasteiger partial charge is 0.507 e. The van der Waals surface area contributed by atoms with Crippen LogP contribution in [-0.4, -0.2) is 64.9 Å². The number of hydrogen-bond acceptors (Lipinski definition) is 6. The van der Waals surface area contributed by atoms with Gasteiger partial charge in [-0.25, -0.2) is 0 Å². The van der Waals surface area contributed by atoms with Crippen LogP contribution in [0, 0.1) is 0 Å². The van der Waals surface area contributed by atoms with Crippen LogP contribution in [-0.2, 0) is 15.0 Å². The topological polar surface area (TPSA) is 83.0 Å². The van der Waals surface area contributed by atoms with Gasteiger partial charge in [-0.15, -0.1) is 0 Å². The first-order valence-electron chi connectivity index (χ1n) is 11.7. The predicted octanol–water partition coefficient (Wildman–Crippen LogP) is 4.15. The van der Waals surface area contributed by atoms with E-state index in [4.69, 9.17) is 4.74 Å². The summed E-state index contributed by atoms with van der Waals surface area (Å²) in [5.41, 5.74) is 1.96. The first-order chi connectivity index (χ1) is 16.1. The molecule has 7 heteroatoms. The Labute approximate surface area is 202 Å². The van der Waals surface area contributed by atoms with Crippen LogP contribution in [0.1, 0.15) is 57.4 Å². The number of aromatic nitrogens is 1. The van der Waals surface area contributed by atoms with Crippen molar-refractivity contribution < 1.29 is 19.4 Å². The highest BCUT2D eigenvalue weighted by atomic mass is 16.5. The summed E-state index contributed by atoms with van der Waals surface area (Å²) in [6.07, 6.45) is 3.26. The smallest absolute Gasteiger partial charge is 0.295 e. The van der Waals surface area contributed by atoms with Gasteiger partial charge < -0.3 is 19.6 Å². The lowest BCUT2D eigenvalue weighted by molar-refractivity contribution is -0.140. The average molecular weight is 466 g/mol. The number of likely N-dealkylation sites (N-methyl/N-ethyl adjacent to an activating group) is 1. The number of carbonyl (C=O) groups is 2. The standard InChI is InChI=1S/C27H35N3O4/c1-7-29(8-2)15-16-30-23(18-11-13-28-14-12-18)22(25(32)26(30)33)24(31)19-9-10-21(34-6)20(17-19)27(3,4)5/h9-14,17,23,31H,7-8,15-16H2,1-6H3/b24-22-. The summed E-state index contributed by atoms with van der Waals surface area (Å²) in [6.45, 7) is 13.0. The minimum atomic E-state index is -0.682. The summed E-state index contributed by atoms with van der Waals surface area (Å²) in [6, 6.07) is 8.22. The van der Waals surface area contributed by atoms with Crippen LogP contribution >= 0.6 is 0 Å². The summed E-state index contributed by atoms with van der Waals surface area (Å²) in [7, 11) is 1.61. The lowest BCUT2D eigenvalue weighted by Crippen LogP contribution is -2.38. The molecule has 2 aromatic rings. The molecule has 1 amide bonds. The number of pyridine rings is 1. The minimum Gasteiger partial charge on any atom is -0.507 e. The molecule has 0 radical (unpaired) electrons. The van der Waals surface area contributed by atoms with Crippen LogP contribution in [0.4, 0.5) is 0 Å². The maximum atomic E-state index is 13.2. The molecule has 34 heavy (non-hydrogen) atoms. The van der Waals surface area contributed by atoms with E-state index in [9.17, 15) is 14.7 Å². The summed E-state index contributed by atoms with van der Waals surface area (Å²) in [5.74, 6) is -0.750. The van der Waals surface area contributed by atoms with Crippen LogP contribution < -0.4 is 4.74 Å². The average Bonchev–Trinajstić information content (AvgIpc) is 3.08. The summed E-state index contributed by atoms with van der Waals surface area (Å²) in [4.78, 5) is 34.2. The fraction of sp³-hybridized carbons (Fsp3) is 0.444. The van der Waals surface area contributed by atoms with Gasteiger partial charge in [-0.3, -0.25) is 14.6 Å². The number of likely N-dealkylation sites (tertiary alicyclic amines) is 1. The molecule has 0 bridgehead atoms. The number of hydrogen-bond donors (Lipinski definition) is 1. The molecule has 1 aliphatic heterocycles. The van der Waals surface area contributed by atoms with Crippen molar-refractivity contribution in [2.45, 2.75) is 46.1 Å². The summed E-state index contributed by atoms with van der Waals surface area (Å²) < 4.78 is 5.51. The van der Waals surface area contributed by atoms with E-state index in [1.807, 2.05) is 6.07 Å². The van der Waals surface area contributed by atoms with Gasteiger partial charge in [0.15, 0.2) is 0 Å². The van der Waals surface area contributed by atoms with E-state index >= 15 is 0 Å². The molecule has 1 aromatic carbocycles. The second-order valence-corrected chi connectivity index (χ2v) is 9.46. The molecule has 0 saturated carbocycles. The molecule has 1 aliphatic rings. The molecule has 1 fully saturated rings. The SMILES string of the molecule is CCN(CC)CCN1C(=O)C(=O)/C(=C(\O)c2ccc(OC)c(C(C)(C)C)c2)C1c1ccncc1. The minimum absolute atomic E-state index is 0.0979. The number of Topliss-reactive ketones (excluding diaryl/α,β-unsaturated/α-hetero) is 1. The molecule has 182 valence electrons. The van der Waals surface area contributed by atoms with Crippen LogP contribution in [0.25, 0.3) is 5.76 Å². The Morgan fingerprint density at radius 1 is 1.12 bits per heavy atom. The molecule has 1 unspecified atom stereocenters. The van der Waals surface area contributed by atoms with E-state index in [0.717, 1.165) is 24.2 Å². The number of aliphatic hydroxyl groups excluding tert-OH is 1. The molecular weight excluding hydrogens is 430 g/mol. The Morgan fingerprint density at radius 3 is 2.32 bits per heavy atom. The van der Waals surface area contributed by atoms with E-state index < -0.39 is 17.7 Å². The molecule has 3 rings (SSSR count). The number of ether oxygens (including phenoxy) is 1. The maximum Gasteiger partial charge on any atom is 0.295 e. The second-order valence-electron chi connectivity index (χ2n) is 9.46. The van der Waals surface area contributed by atoms with Crippen molar-refractivity contribution in [3.63, 3.8) is 0 Å². The maximum absolute atomic E-state index is 13.2. The van der Waals surface area contributed by atoms with Crippen molar-refractivity contribution >= 4 is 17.4 Å². The molecule has 0 aliphatic carbocycles. The Morgan fingerprint density at radius 2 is 1.76 bits per heavy atom.